The Hall–Kier alpha value is -0.640. The molecular weight excluding hydrogens is 437 g/mol. The summed E-state index contributed by atoms with van der Waals surface area (Å²) in [5, 5.41) is 10.9. The molecule has 0 amide bonds. The summed E-state index contributed by atoms with van der Waals surface area (Å²) in [7, 11) is 1.09. The van der Waals surface area contributed by atoms with Crippen LogP contribution in [0.2, 0.25) is 0 Å². The Labute approximate surface area is 165 Å². The Balaban J connectivity index is 0.00000529. The van der Waals surface area contributed by atoms with Gasteiger partial charge in [0.15, 0.2) is 5.96 Å². The minimum atomic E-state index is -0.860. The molecule has 1 atom stereocenters. The van der Waals surface area contributed by atoms with Crippen LogP contribution in [0.25, 0.3) is 0 Å². The summed E-state index contributed by atoms with van der Waals surface area (Å²) in [6, 6.07) is 0. The van der Waals surface area contributed by atoms with Crippen LogP contribution < -0.4 is 10.6 Å². The lowest BCUT2D eigenvalue weighted by atomic mass is 10.2. The Bertz CT molecular complexity index is 578. The highest BCUT2D eigenvalue weighted by Gasteiger charge is 2.18. The maximum Gasteiger partial charge on any atom is 0.191 e. The van der Waals surface area contributed by atoms with Crippen molar-refractivity contribution in [1.82, 2.24) is 20.4 Å². The van der Waals surface area contributed by atoms with E-state index in [0.29, 0.717) is 18.8 Å². The molecule has 1 unspecified atom stereocenters. The highest BCUT2D eigenvalue weighted by Crippen LogP contribution is 2.13. The predicted octanol–water partition coefficient (Wildman–Crippen LogP) is 2.26. The van der Waals surface area contributed by atoms with E-state index in [9.17, 15) is 4.21 Å². The van der Waals surface area contributed by atoms with Gasteiger partial charge in [-0.25, -0.2) is 4.99 Å². The second-order valence-corrected chi connectivity index (χ2v) is 8.88. The van der Waals surface area contributed by atoms with Crippen molar-refractivity contribution in [3.8, 4) is 0 Å². The summed E-state index contributed by atoms with van der Waals surface area (Å²) < 4.78 is 13.8. The van der Waals surface area contributed by atoms with E-state index in [1.54, 1.807) is 0 Å². The van der Waals surface area contributed by atoms with Crippen molar-refractivity contribution in [2.75, 3.05) is 18.8 Å². The van der Waals surface area contributed by atoms with Gasteiger partial charge in [-0.3, -0.25) is 8.89 Å². The van der Waals surface area contributed by atoms with Crippen LogP contribution in [0.3, 0.4) is 0 Å². The average Bonchev–Trinajstić information content (AvgIpc) is 2.68. The van der Waals surface area contributed by atoms with Crippen LogP contribution in [-0.4, -0.2) is 43.5 Å². The molecule has 0 aromatic carbocycles. The molecule has 0 radical (unpaired) electrons. The van der Waals surface area contributed by atoms with Gasteiger partial charge in [0.2, 0.25) is 0 Å². The fraction of sp³-hybridized carbons (Fsp3) is 0.750. The van der Waals surface area contributed by atoms with Crippen molar-refractivity contribution < 1.29 is 4.21 Å². The van der Waals surface area contributed by atoms with E-state index in [0.717, 1.165) is 29.5 Å². The minimum absolute atomic E-state index is 0. The van der Waals surface area contributed by atoms with Crippen LogP contribution in [0.1, 0.15) is 44.6 Å². The first-order valence-corrected chi connectivity index (χ1v) is 9.38. The van der Waals surface area contributed by atoms with Gasteiger partial charge < -0.3 is 10.6 Å². The lowest BCUT2D eigenvalue weighted by molar-refractivity contribution is 0.647. The zero-order valence-corrected chi connectivity index (χ0v) is 19.0. The fourth-order valence-electron chi connectivity index (χ4n) is 2.11. The molecule has 0 fully saturated rings. The second-order valence-electron chi connectivity index (χ2n) is 6.56. The number of hydrogen-bond donors (Lipinski definition) is 2. The average molecular weight is 469 g/mol. The van der Waals surface area contributed by atoms with Crippen molar-refractivity contribution in [3.05, 3.63) is 17.0 Å². The second kappa shape index (κ2) is 10.4. The molecule has 0 bridgehead atoms. The third-order valence-corrected chi connectivity index (χ3v) is 5.60. The van der Waals surface area contributed by atoms with Gasteiger partial charge in [-0.2, -0.15) is 5.10 Å². The standard InChI is InChI=1S/C16H31N5OS.HI/c1-8-17-15(18-9-10-23(22)16(4,5)6)19-11-14-12(2)20-21(7)13(14)3;/h8-11H2,1-7H3,(H2,17,18,19);1H. The molecule has 1 rings (SSSR count). The number of nitrogens with one attached hydrogen (secondary N) is 2. The molecule has 140 valence electrons. The largest absolute Gasteiger partial charge is 0.357 e. The zero-order valence-electron chi connectivity index (χ0n) is 15.9. The molecule has 24 heavy (non-hydrogen) atoms. The molecule has 0 aliphatic carbocycles. The Morgan fingerprint density at radius 3 is 2.38 bits per heavy atom. The Kier molecular flexibility index (Phi) is 10.1. The highest BCUT2D eigenvalue weighted by molar-refractivity contribution is 14.0. The summed E-state index contributed by atoms with van der Waals surface area (Å²) in [6.07, 6.45) is 0. The number of aryl methyl sites for hydroxylation is 2. The van der Waals surface area contributed by atoms with E-state index in [2.05, 4.69) is 27.6 Å². The van der Waals surface area contributed by atoms with E-state index in [1.165, 1.54) is 0 Å². The molecular formula is C16H32IN5OS. The van der Waals surface area contributed by atoms with E-state index in [-0.39, 0.29) is 28.7 Å². The molecule has 0 spiro atoms. The predicted molar refractivity (Wildman–Crippen MR) is 114 cm³/mol. The van der Waals surface area contributed by atoms with Gasteiger partial charge in [-0.05, 0) is 41.5 Å². The zero-order chi connectivity index (χ0) is 17.6. The van der Waals surface area contributed by atoms with Crippen LogP contribution in [0.5, 0.6) is 0 Å². The lowest BCUT2D eigenvalue weighted by Gasteiger charge is -2.18. The maximum absolute atomic E-state index is 12.1. The number of hydrogen-bond acceptors (Lipinski definition) is 3. The monoisotopic (exact) mass is 469 g/mol. The van der Waals surface area contributed by atoms with Crippen molar-refractivity contribution in [2.45, 2.75) is 52.8 Å². The summed E-state index contributed by atoms with van der Waals surface area (Å²) in [6.45, 7) is 14.1. The number of aromatic nitrogens is 2. The number of rotatable bonds is 6. The normalized spacial score (nSPS) is 13.4. The van der Waals surface area contributed by atoms with Crippen LogP contribution in [0.4, 0.5) is 0 Å². The van der Waals surface area contributed by atoms with Gasteiger partial charge in [-0.15, -0.1) is 24.0 Å². The third-order valence-electron chi connectivity index (χ3n) is 3.66. The summed E-state index contributed by atoms with van der Waals surface area (Å²) >= 11 is 0. The summed E-state index contributed by atoms with van der Waals surface area (Å²) in [5.74, 6) is 1.36. The van der Waals surface area contributed by atoms with Crippen LogP contribution in [0.15, 0.2) is 4.99 Å². The molecule has 0 saturated carbocycles. The molecule has 6 nitrogen and oxygen atoms in total. The Morgan fingerprint density at radius 2 is 1.92 bits per heavy atom. The van der Waals surface area contributed by atoms with Crippen molar-refractivity contribution in [2.24, 2.45) is 12.0 Å². The quantitative estimate of drug-likeness (QED) is 0.381. The molecule has 0 saturated heterocycles. The van der Waals surface area contributed by atoms with E-state index < -0.39 is 10.8 Å². The van der Waals surface area contributed by atoms with Gasteiger partial charge in [-0.1, -0.05) is 0 Å². The van der Waals surface area contributed by atoms with E-state index in [1.807, 2.05) is 46.3 Å². The smallest absolute Gasteiger partial charge is 0.191 e. The first-order valence-electron chi connectivity index (χ1n) is 8.06. The fourth-order valence-corrected chi connectivity index (χ4v) is 3.01. The Morgan fingerprint density at radius 1 is 1.29 bits per heavy atom. The van der Waals surface area contributed by atoms with Crippen molar-refractivity contribution in [1.29, 1.82) is 0 Å². The van der Waals surface area contributed by atoms with E-state index >= 15 is 0 Å². The molecule has 0 aliphatic rings. The first-order chi connectivity index (χ1) is 10.7. The molecule has 0 aliphatic heterocycles. The number of halogens is 1. The third kappa shape index (κ3) is 7.08. The summed E-state index contributed by atoms with van der Waals surface area (Å²) in [5.41, 5.74) is 3.30. The lowest BCUT2D eigenvalue weighted by Crippen LogP contribution is -2.40. The topological polar surface area (TPSA) is 71.3 Å². The van der Waals surface area contributed by atoms with Gasteiger partial charge in [0.1, 0.15) is 0 Å². The number of nitrogens with zero attached hydrogens (tertiary/aromatic N) is 3. The highest BCUT2D eigenvalue weighted by atomic mass is 127. The van der Waals surface area contributed by atoms with Crippen LogP contribution in [-0.2, 0) is 24.4 Å². The first kappa shape index (κ1) is 23.4. The van der Waals surface area contributed by atoms with Gasteiger partial charge >= 0.3 is 0 Å². The number of aliphatic imine (C=N–C) groups is 1. The van der Waals surface area contributed by atoms with Gasteiger partial charge in [0.25, 0.3) is 0 Å². The number of guanidine groups is 1. The maximum atomic E-state index is 12.1. The van der Waals surface area contributed by atoms with Crippen LogP contribution >= 0.6 is 24.0 Å². The van der Waals surface area contributed by atoms with Crippen molar-refractivity contribution in [3.63, 3.8) is 0 Å². The summed E-state index contributed by atoms with van der Waals surface area (Å²) in [4.78, 5) is 4.62. The molecule has 1 aromatic heterocycles. The minimum Gasteiger partial charge on any atom is -0.357 e. The molecule has 8 heteroatoms. The molecule has 2 N–H and O–H groups in total. The van der Waals surface area contributed by atoms with Crippen LogP contribution in [0, 0.1) is 13.8 Å². The SMILES string of the molecule is CCNC(=NCc1c(C)nn(C)c1C)NCCS(=O)C(C)(C)C.I. The van der Waals surface area contributed by atoms with Gasteiger partial charge in [0.05, 0.1) is 12.2 Å². The molecule has 1 heterocycles. The van der Waals surface area contributed by atoms with E-state index in [4.69, 9.17) is 0 Å². The van der Waals surface area contributed by atoms with Gasteiger partial charge in [0, 0.05) is 52.7 Å². The van der Waals surface area contributed by atoms with Crippen molar-refractivity contribution >= 4 is 40.7 Å². The molecule has 1 aromatic rings.